The summed E-state index contributed by atoms with van der Waals surface area (Å²) in [7, 11) is 1.65. The van der Waals surface area contributed by atoms with E-state index in [4.69, 9.17) is 20.8 Å². The fourth-order valence-corrected chi connectivity index (χ4v) is 4.35. The van der Waals surface area contributed by atoms with Gasteiger partial charge in [0.1, 0.15) is 5.75 Å². The van der Waals surface area contributed by atoms with Gasteiger partial charge >= 0.3 is 0 Å². The maximum atomic E-state index is 6.14. The lowest BCUT2D eigenvalue weighted by Gasteiger charge is -2.05. The Labute approximate surface area is 195 Å². The molecule has 0 saturated carbocycles. The summed E-state index contributed by atoms with van der Waals surface area (Å²) >= 11 is 6.14. The molecule has 0 saturated heterocycles. The number of fused-ring (bicyclic) bond motifs is 2. The lowest BCUT2D eigenvalue weighted by Crippen LogP contribution is -1.82. The zero-order valence-electron chi connectivity index (χ0n) is 17.8. The maximum Gasteiger partial charge on any atom is 0.226 e. The molecule has 0 unspecified atom stereocenters. The molecule has 0 amide bonds. The molecule has 0 aliphatic carbocycles. The minimum atomic E-state index is 0.592. The van der Waals surface area contributed by atoms with Gasteiger partial charge in [-0.1, -0.05) is 35.9 Å². The van der Waals surface area contributed by atoms with E-state index in [1.165, 1.54) is 0 Å². The third-order valence-corrected chi connectivity index (χ3v) is 6.16. The highest BCUT2D eigenvalue weighted by Crippen LogP contribution is 2.34. The monoisotopic (exact) mass is 450 g/mol. The van der Waals surface area contributed by atoms with Gasteiger partial charge in [-0.25, -0.2) is 4.98 Å². The smallest absolute Gasteiger partial charge is 0.226 e. The molecule has 0 spiro atoms. The minimum absolute atomic E-state index is 0.592. The van der Waals surface area contributed by atoms with Crippen molar-refractivity contribution in [3.63, 3.8) is 0 Å². The van der Waals surface area contributed by atoms with E-state index in [2.05, 4.69) is 46.4 Å². The molecular formula is C28H19ClN2O2. The largest absolute Gasteiger partial charge is 0.497 e. The van der Waals surface area contributed by atoms with Crippen molar-refractivity contribution in [2.24, 2.45) is 0 Å². The normalized spacial score (nSPS) is 11.3. The van der Waals surface area contributed by atoms with Crippen LogP contribution in [-0.2, 0) is 0 Å². The molecule has 160 valence electrons. The zero-order chi connectivity index (χ0) is 22.4. The number of ether oxygens (including phenoxy) is 1. The van der Waals surface area contributed by atoms with Crippen LogP contribution in [0.15, 0.2) is 95.7 Å². The van der Waals surface area contributed by atoms with Crippen LogP contribution in [-0.4, -0.2) is 17.1 Å². The van der Waals surface area contributed by atoms with E-state index in [9.17, 15) is 0 Å². The van der Waals surface area contributed by atoms with Crippen LogP contribution in [0.4, 0.5) is 0 Å². The van der Waals surface area contributed by atoms with Gasteiger partial charge in [0.15, 0.2) is 5.76 Å². The van der Waals surface area contributed by atoms with E-state index < -0.39 is 0 Å². The highest BCUT2D eigenvalue weighted by molar-refractivity contribution is 6.31. The molecule has 5 heteroatoms. The molecule has 2 heterocycles. The fraction of sp³-hybridized carbons (Fsp3) is 0.0357. The lowest BCUT2D eigenvalue weighted by atomic mass is 9.99. The molecular weight excluding hydrogens is 432 g/mol. The first-order chi connectivity index (χ1) is 16.2. The molecule has 0 bridgehead atoms. The van der Waals surface area contributed by atoms with Gasteiger partial charge in [-0.3, -0.25) is 0 Å². The summed E-state index contributed by atoms with van der Waals surface area (Å²) in [4.78, 5) is 7.84. The van der Waals surface area contributed by atoms with Crippen LogP contribution in [0.2, 0.25) is 5.02 Å². The van der Waals surface area contributed by atoms with E-state index >= 15 is 0 Å². The van der Waals surface area contributed by atoms with Crippen LogP contribution in [0.5, 0.6) is 5.75 Å². The Morgan fingerprint density at radius 1 is 0.818 bits per heavy atom. The lowest BCUT2D eigenvalue weighted by molar-refractivity contribution is 0.415. The maximum absolute atomic E-state index is 6.14. The van der Waals surface area contributed by atoms with Gasteiger partial charge in [0.05, 0.1) is 13.3 Å². The van der Waals surface area contributed by atoms with Gasteiger partial charge in [0, 0.05) is 38.8 Å². The average Bonchev–Trinajstić information content (AvgIpc) is 3.51. The van der Waals surface area contributed by atoms with E-state index in [0.29, 0.717) is 5.89 Å². The Morgan fingerprint density at radius 3 is 2.39 bits per heavy atom. The molecule has 2 aromatic heterocycles. The number of rotatable bonds is 4. The van der Waals surface area contributed by atoms with Crippen LogP contribution in [0.1, 0.15) is 0 Å². The van der Waals surface area contributed by atoms with Crippen molar-refractivity contribution in [3.05, 3.63) is 96.3 Å². The van der Waals surface area contributed by atoms with E-state index in [0.717, 1.165) is 60.5 Å². The van der Waals surface area contributed by atoms with Crippen LogP contribution in [0.25, 0.3) is 55.6 Å². The number of methoxy groups -OCH3 is 1. The highest BCUT2D eigenvalue weighted by Gasteiger charge is 2.11. The first-order valence-corrected chi connectivity index (χ1v) is 11.0. The molecule has 6 aromatic rings. The summed E-state index contributed by atoms with van der Waals surface area (Å²) < 4.78 is 11.3. The first-order valence-electron chi connectivity index (χ1n) is 10.6. The van der Waals surface area contributed by atoms with E-state index in [1.54, 1.807) is 13.3 Å². The molecule has 0 aliphatic rings. The topological polar surface area (TPSA) is 51.0 Å². The van der Waals surface area contributed by atoms with Crippen molar-refractivity contribution in [3.8, 4) is 39.7 Å². The molecule has 1 N–H and O–H groups in total. The van der Waals surface area contributed by atoms with Crippen molar-refractivity contribution < 1.29 is 9.15 Å². The number of benzene rings is 4. The second-order valence-corrected chi connectivity index (χ2v) is 8.36. The van der Waals surface area contributed by atoms with Gasteiger partial charge in [-0.15, -0.1) is 0 Å². The second-order valence-electron chi connectivity index (χ2n) is 7.93. The summed E-state index contributed by atoms with van der Waals surface area (Å²) in [6.07, 6.45) is 3.79. The van der Waals surface area contributed by atoms with Crippen LogP contribution >= 0.6 is 11.6 Å². The number of H-pyrrole nitrogens is 1. The number of aromatic nitrogens is 2. The Morgan fingerprint density at radius 2 is 1.58 bits per heavy atom. The van der Waals surface area contributed by atoms with Crippen molar-refractivity contribution >= 4 is 33.3 Å². The van der Waals surface area contributed by atoms with Crippen molar-refractivity contribution in [2.45, 2.75) is 0 Å². The summed E-state index contributed by atoms with van der Waals surface area (Å²) in [6, 6.07) is 26.4. The Bertz CT molecular complexity index is 1610. The molecule has 0 aliphatic heterocycles. The number of hydrogen-bond donors (Lipinski definition) is 1. The molecule has 4 aromatic carbocycles. The van der Waals surface area contributed by atoms with Gasteiger partial charge in [0.25, 0.3) is 0 Å². The third kappa shape index (κ3) is 3.55. The van der Waals surface area contributed by atoms with Gasteiger partial charge in [-0.2, -0.15) is 0 Å². The molecule has 4 nitrogen and oxygen atoms in total. The molecule has 0 radical (unpaired) electrons. The number of hydrogen-bond acceptors (Lipinski definition) is 3. The summed E-state index contributed by atoms with van der Waals surface area (Å²) in [5.41, 5.74) is 5.20. The molecule has 33 heavy (non-hydrogen) atoms. The fourth-order valence-electron chi connectivity index (χ4n) is 4.18. The third-order valence-electron chi connectivity index (χ3n) is 5.92. The molecule has 0 fully saturated rings. The minimum Gasteiger partial charge on any atom is -0.497 e. The highest BCUT2D eigenvalue weighted by atomic mass is 35.5. The van der Waals surface area contributed by atoms with Crippen LogP contribution in [0.3, 0.4) is 0 Å². The number of aromatic amines is 1. The van der Waals surface area contributed by atoms with Gasteiger partial charge in [-0.05, 0) is 70.9 Å². The van der Waals surface area contributed by atoms with Crippen LogP contribution < -0.4 is 4.74 Å². The zero-order valence-corrected chi connectivity index (χ0v) is 18.6. The van der Waals surface area contributed by atoms with Crippen molar-refractivity contribution in [1.82, 2.24) is 9.97 Å². The van der Waals surface area contributed by atoms with Crippen molar-refractivity contribution in [2.75, 3.05) is 7.11 Å². The predicted molar refractivity (Wildman–Crippen MR) is 134 cm³/mol. The van der Waals surface area contributed by atoms with E-state index in [1.807, 2.05) is 48.7 Å². The van der Waals surface area contributed by atoms with Gasteiger partial charge in [0.2, 0.25) is 5.89 Å². The number of halogens is 1. The summed E-state index contributed by atoms with van der Waals surface area (Å²) in [5, 5.41) is 4.15. The number of nitrogens with one attached hydrogen (secondary N) is 1. The Balaban J connectivity index is 1.38. The van der Waals surface area contributed by atoms with Crippen molar-refractivity contribution in [1.29, 1.82) is 0 Å². The van der Waals surface area contributed by atoms with E-state index in [-0.39, 0.29) is 0 Å². The van der Waals surface area contributed by atoms with Crippen LogP contribution in [0, 0.1) is 0 Å². The summed E-state index contributed by atoms with van der Waals surface area (Å²) in [6.45, 7) is 0. The number of oxazole rings is 1. The summed E-state index contributed by atoms with van der Waals surface area (Å²) in [5.74, 6) is 2.12. The standard InChI is InChI=1S/C28H19ClN2O2/c1-32-23-9-6-18(7-10-23)27-16-31-28(33-27)20-5-3-17-2-4-19(12-21(17)13-20)25-15-30-26-14-22(29)8-11-24(25)26/h2-16,30H,1H3. The first kappa shape index (κ1) is 19.6. The SMILES string of the molecule is COc1ccc(-c2cnc(-c3ccc4ccc(-c5c[nH]c6cc(Cl)ccc56)cc4c3)o2)cc1. The Kier molecular flexibility index (Phi) is 4.67. The quantitative estimate of drug-likeness (QED) is 0.296. The number of nitrogens with zero attached hydrogens (tertiary/aromatic N) is 1. The average molecular weight is 451 g/mol. The Hall–Kier alpha value is -4.02. The second kappa shape index (κ2) is 7.84. The predicted octanol–water partition coefficient (Wildman–Crippen LogP) is 7.97. The van der Waals surface area contributed by atoms with Gasteiger partial charge < -0.3 is 14.1 Å². The molecule has 0 atom stereocenters. The molecule has 6 rings (SSSR count).